The van der Waals surface area contributed by atoms with E-state index in [4.69, 9.17) is 5.11 Å². The Labute approximate surface area is 127 Å². The number of aliphatic carboxylic acids is 1. The van der Waals surface area contributed by atoms with E-state index in [1.807, 2.05) is 0 Å². The predicted molar refractivity (Wildman–Crippen MR) is 85.2 cm³/mol. The monoisotopic (exact) mass is 303 g/mol. The van der Waals surface area contributed by atoms with E-state index in [0.717, 1.165) is 24.6 Å². The standard InChI is InChI=1S/C15H29NO3S/c1-3-4-5-6-7-8-9-10-11-16-14(17)12-20-13(2)15(18)19/h13H,3-12H2,1-2H3,(H,16,17)(H,18,19)/t13-/m1/s1. The van der Waals surface area contributed by atoms with E-state index < -0.39 is 11.2 Å². The molecule has 0 saturated heterocycles. The maximum absolute atomic E-state index is 11.5. The molecule has 1 atom stereocenters. The van der Waals surface area contributed by atoms with Crippen LogP contribution in [0.15, 0.2) is 0 Å². The van der Waals surface area contributed by atoms with Gasteiger partial charge >= 0.3 is 5.97 Å². The second kappa shape index (κ2) is 13.3. The van der Waals surface area contributed by atoms with Crippen LogP contribution in [0.1, 0.15) is 65.2 Å². The molecular formula is C15H29NO3S. The molecule has 0 aromatic heterocycles. The summed E-state index contributed by atoms with van der Waals surface area (Å²) in [4.78, 5) is 22.0. The van der Waals surface area contributed by atoms with Crippen LogP contribution in [0.4, 0.5) is 0 Å². The molecule has 0 spiro atoms. The van der Waals surface area contributed by atoms with Gasteiger partial charge in [0.15, 0.2) is 0 Å². The van der Waals surface area contributed by atoms with Gasteiger partial charge in [0.05, 0.1) is 11.0 Å². The second-order valence-electron chi connectivity index (χ2n) is 5.12. The number of carbonyl (C=O) groups excluding carboxylic acids is 1. The lowest BCUT2D eigenvalue weighted by Gasteiger charge is -2.07. The van der Waals surface area contributed by atoms with Crippen molar-refractivity contribution in [1.82, 2.24) is 5.32 Å². The summed E-state index contributed by atoms with van der Waals surface area (Å²) >= 11 is 1.16. The van der Waals surface area contributed by atoms with Crippen LogP contribution in [-0.2, 0) is 9.59 Å². The lowest BCUT2D eigenvalue weighted by atomic mass is 10.1. The van der Waals surface area contributed by atoms with Crippen molar-refractivity contribution >= 4 is 23.6 Å². The fourth-order valence-corrected chi connectivity index (χ4v) is 2.46. The highest BCUT2D eigenvalue weighted by Gasteiger charge is 2.12. The van der Waals surface area contributed by atoms with Gasteiger partial charge < -0.3 is 10.4 Å². The third-order valence-electron chi connectivity index (χ3n) is 3.16. The van der Waals surface area contributed by atoms with Crippen molar-refractivity contribution in [2.24, 2.45) is 0 Å². The number of rotatable bonds is 13. The molecule has 5 heteroatoms. The van der Waals surface area contributed by atoms with Crippen LogP contribution >= 0.6 is 11.8 Å². The first-order valence-corrected chi connectivity index (χ1v) is 8.74. The molecule has 2 N–H and O–H groups in total. The van der Waals surface area contributed by atoms with Crippen LogP contribution in [0.3, 0.4) is 0 Å². The van der Waals surface area contributed by atoms with Gasteiger partial charge in [-0.2, -0.15) is 0 Å². The maximum Gasteiger partial charge on any atom is 0.316 e. The Balaban J connectivity index is 3.29. The smallest absolute Gasteiger partial charge is 0.316 e. The molecule has 20 heavy (non-hydrogen) atoms. The van der Waals surface area contributed by atoms with Gasteiger partial charge in [0.2, 0.25) is 5.91 Å². The summed E-state index contributed by atoms with van der Waals surface area (Å²) in [5.74, 6) is -0.707. The topological polar surface area (TPSA) is 66.4 Å². The molecule has 0 aliphatic heterocycles. The molecule has 0 aliphatic carbocycles. The number of amides is 1. The quantitative estimate of drug-likeness (QED) is 0.511. The van der Waals surface area contributed by atoms with E-state index in [-0.39, 0.29) is 11.7 Å². The second-order valence-corrected chi connectivity index (χ2v) is 6.45. The summed E-state index contributed by atoms with van der Waals surface area (Å²) in [5, 5.41) is 11.0. The molecule has 0 radical (unpaired) electrons. The number of carboxylic acid groups (broad SMARTS) is 1. The number of hydrogen-bond donors (Lipinski definition) is 2. The van der Waals surface area contributed by atoms with Crippen LogP contribution in [0.2, 0.25) is 0 Å². The Bertz CT molecular complexity index is 272. The highest BCUT2D eigenvalue weighted by molar-refractivity contribution is 8.01. The third-order valence-corrected chi connectivity index (χ3v) is 4.30. The fourth-order valence-electron chi connectivity index (χ4n) is 1.81. The molecule has 0 unspecified atom stereocenters. The van der Waals surface area contributed by atoms with Gasteiger partial charge in [-0.1, -0.05) is 51.9 Å². The lowest BCUT2D eigenvalue weighted by molar-refractivity contribution is -0.136. The van der Waals surface area contributed by atoms with Gasteiger partial charge in [0.25, 0.3) is 0 Å². The Morgan fingerprint density at radius 2 is 1.60 bits per heavy atom. The van der Waals surface area contributed by atoms with Crippen LogP contribution in [0.25, 0.3) is 0 Å². The summed E-state index contributed by atoms with van der Waals surface area (Å²) < 4.78 is 0. The average Bonchev–Trinajstić information content (AvgIpc) is 2.42. The van der Waals surface area contributed by atoms with E-state index in [1.165, 1.54) is 38.5 Å². The van der Waals surface area contributed by atoms with Gasteiger partial charge in [-0.3, -0.25) is 9.59 Å². The van der Waals surface area contributed by atoms with E-state index in [1.54, 1.807) is 6.92 Å². The van der Waals surface area contributed by atoms with Crippen LogP contribution in [0, 0.1) is 0 Å². The third kappa shape index (κ3) is 12.3. The van der Waals surface area contributed by atoms with Crippen molar-refractivity contribution in [3.8, 4) is 0 Å². The Morgan fingerprint density at radius 1 is 1.05 bits per heavy atom. The van der Waals surface area contributed by atoms with Gasteiger partial charge in [-0.25, -0.2) is 0 Å². The first-order valence-electron chi connectivity index (χ1n) is 7.69. The van der Waals surface area contributed by atoms with Gasteiger partial charge in [0.1, 0.15) is 0 Å². The van der Waals surface area contributed by atoms with E-state index in [0.29, 0.717) is 6.54 Å². The van der Waals surface area contributed by atoms with Gasteiger partial charge in [-0.15, -0.1) is 11.8 Å². The summed E-state index contributed by atoms with van der Waals surface area (Å²) in [6.45, 7) is 4.52. The normalized spacial score (nSPS) is 12.1. The number of nitrogens with one attached hydrogen (secondary N) is 1. The van der Waals surface area contributed by atoms with Crippen LogP contribution in [0.5, 0.6) is 0 Å². The van der Waals surface area contributed by atoms with Crippen LogP contribution in [-0.4, -0.2) is 34.5 Å². The first kappa shape index (κ1) is 19.3. The molecule has 0 aromatic carbocycles. The van der Waals surface area contributed by atoms with Crippen molar-refractivity contribution in [3.05, 3.63) is 0 Å². The fraction of sp³-hybridized carbons (Fsp3) is 0.867. The number of carbonyl (C=O) groups is 2. The molecule has 0 aromatic rings. The van der Waals surface area contributed by atoms with Crippen molar-refractivity contribution in [2.75, 3.05) is 12.3 Å². The minimum Gasteiger partial charge on any atom is -0.480 e. The van der Waals surface area contributed by atoms with E-state index in [9.17, 15) is 9.59 Å². The van der Waals surface area contributed by atoms with Gasteiger partial charge in [0, 0.05) is 6.54 Å². The highest BCUT2D eigenvalue weighted by Crippen LogP contribution is 2.10. The number of carboxylic acids is 1. The SMILES string of the molecule is CCCCCCCCCCNC(=O)CS[C@H](C)C(=O)O. The lowest BCUT2D eigenvalue weighted by Crippen LogP contribution is -2.27. The highest BCUT2D eigenvalue weighted by atomic mass is 32.2. The minimum absolute atomic E-state index is 0.0638. The molecule has 0 aliphatic rings. The summed E-state index contributed by atoms with van der Waals surface area (Å²) in [6, 6.07) is 0. The molecule has 1 amide bonds. The molecule has 118 valence electrons. The number of thioether (sulfide) groups is 1. The summed E-state index contributed by atoms with van der Waals surface area (Å²) in [7, 11) is 0. The van der Waals surface area contributed by atoms with E-state index in [2.05, 4.69) is 12.2 Å². The Hall–Kier alpha value is -0.710. The van der Waals surface area contributed by atoms with Crippen molar-refractivity contribution in [3.63, 3.8) is 0 Å². The molecule has 0 heterocycles. The van der Waals surface area contributed by atoms with Crippen LogP contribution < -0.4 is 5.32 Å². The van der Waals surface area contributed by atoms with Crippen molar-refractivity contribution in [1.29, 1.82) is 0 Å². The Kier molecular flexibility index (Phi) is 12.8. The molecule has 0 bridgehead atoms. The molecule has 4 nitrogen and oxygen atoms in total. The maximum atomic E-state index is 11.5. The zero-order valence-corrected chi connectivity index (χ0v) is 13.6. The van der Waals surface area contributed by atoms with Crippen molar-refractivity contribution in [2.45, 2.75) is 70.5 Å². The number of unbranched alkanes of at least 4 members (excludes halogenated alkanes) is 7. The van der Waals surface area contributed by atoms with Crippen molar-refractivity contribution < 1.29 is 14.7 Å². The summed E-state index contributed by atoms with van der Waals surface area (Å²) in [5.41, 5.74) is 0. The molecule has 0 rings (SSSR count). The zero-order valence-electron chi connectivity index (χ0n) is 12.8. The number of hydrogen-bond acceptors (Lipinski definition) is 3. The first-order chi connectivity index (χ1) is 9.57. The summed E-state index contributed by atoms with van der Waals surface area (Å²) in [6.07, 6.45) is 9.98. The minimum atomic E-state index is -0.870. The average molecular weight is 303 g/mol. The van der Waals surface area contributed by atoms with E-state index >= 15 is 0 Å². The molecule has 0 saturated carbocycles. The Morgan fingerprint density at radius 3 is 2.15 bits per heavy atom. The molecule has 0 fully saturated rings. The van der Waals surface area contributed by atoms with Gasteiger partial charge in [-0.05, 0) is 13.3 Å². The zero-order chi connectivity index (χ0) is 15.2. The largest absolute Gasteiger partial charge is 0.480 e. The predicted octanol–water partition coefficient (Wildman–Crippen LogP) is 3.45. The molecular weight excluding hydrogens is 274 g/mol.